The van der Waals surface area contributed by atoms with Crippen LogP contribution < -0.4 is 0 Å². The second kappa shape index (κ2) is 6.12. The van der Waals surface area contributed by atoms with Crippen LogP contribution in [0.25, 0.3) is 0 Å². The second-order valence-electron chi connectivity index (χ2n) is 5.92. The van der Waals surface area contributed by atoms with Gasteiger partial charge in [-0.05, 0) is 31.4 Å². The van der Waals surface area contributed by atoms with Crippen LogP contribution in [0.5, 0.6) is 0 Å². The predicted octanol–water partition coefficient (Wildman–Crippen LogP) is 2.54. The Balaban J connectivity index is 2.34. The van der Waals surface area contributed by atoms with Crippen LogP contribution in [0.2, 0.25) is 0 Å². The summed E-state index contributed by atoms with van der Waals surface area (Å²) in [6.07, 6.45) is 3.24. The molecule has 0 N–H and O–H groups in total. The Morgan fingerprint density at radius 2 is 1.90 bits per heavy atom. The van der Waals surface area contributed by atoms with Crippen LogP contribution in [0.4, 0.5) is 0 Å². The molecule has 21 heavy (non-hydrogen) atoms. The predicted molar refractivity (Wildman–Crippen MR) is 82.5 cm³/mol. The van der Waals surface area contributed by atoms with Crippen molar-refractivity contribution in [2.24, 2.45) is 5.92 Å². The molecule has 0 saturated heterocycles. The van der Waals surface area contributed by atoms with Crippen LogP contribution in [0.15, 0.2) is 40.8 Å². The molecule has 0 fully saturated rings. The lowest BCUT2D eigenvalue weighted by Crippen LogP contribution is -2.37. The van der Waals surface area contributed by atoms with Gasteiger partial charge in [0.1, 0.15) is 6.29 Å². The molecule has 0 aliphatic carbocycles. The number of aldehydes is 1. The zero-order valence-electron chi connectivity index (χ0n) is 12.6. The summed E-state index contributed by atoms with van der Waals surface area (Å²) < 4.78 is 27.0. The molecule has 0 bridgehead atoms. The zero-order chi connectivity index (χ0) is 15.6. The maximum absolute atomic E-state index is 12.8. The van der Waals surface area contributed by atoms with E-state index in [1.165, 1.54) is 4.31 Å². The minimum Gasteiger partial charge on any atom is -0.298 e. The SMILES string of the molecule is Cc1ccc(S(=O)(=O)N2CC(C=O)=CC2CC(C)C)cc1. The monoisotopic (exact) mass is 307 g/mol. The lowest BCUT2D eigenvalue weighted by atomic mass is 10.0. The van der Waals surface area contributed by atoms with E-state index in [0.29, 0.717) is 17.9 Å². The summed E-state index contributed by atoms with van der Waals surface area (Å²) >= 11 is 0. The van der Waals surface area contributed by atoms with Crippen molar-refractivity contribution in [1.29, 1.82) is 0 Å². The number of aryl methyl sites for hydroxylation is 1. The summed E-state index contributed by atoms with van der Waals surface area (Å²) in [7, 11) is -3.57. The van der Waals surface area contributed by atoms with Gasteiger partial charge in [0.2, 0.25) is 10.0 Å². The second-order valence-corrected chi connectivity index (χ2v) is 7.81. The number of rotatable bonds is 5. The van der Waals surface area contributed by atoms with Crippen molar-refractivity contribution < 1.29 is 13.2 Å². The molecule has 2 rings (SSSR count). The summed E-state index contributed by atoms with van der Waals surface area (Å²) in [6.45, 7) is 6.17. The third-order valence-corrected chi connectivity index (χ3v) is 5.49. The van der Waals surface area contributed by atoms with Gasteiger partial charge in [-0.15, -0.1) is 0 Å². The van der Waals surface area contributed by atoms with E-state index in [0.717, 1.165) is 11.8 Å². The summed E-state index contributed by atoms with van der Waals surface area (Å²) in [6, 6.07) is 6.58. The highest BCUT2D eigenvalue weighted by atomic mass is 32.2. The van der Waals surface area contributed by atoms with Gasteiger partial charge in [-0.25, -0.2) is 8.42 Å². The lowest BCUT2D eigenvalue weighted by Gasteiger charge is -2.25. The van der Waals surface area contributed by atoms with Gasteiger partial charge in [0.05, 0.1) is 4.90 Å². The van der Waals surface area contributed by atoms with Crippen LogP contribution in [-0.2, 0) is 14.8 Å². The van der Waals surface area contributed by atoms with Gasteiger partial charge in [0.15, 0.2) is 0 Å². The highest BCUT2D eigenvalue weighted by Crippen LogP contribution is 2.28. The number of nitrogens with zero attached hydrogens (tertiary/aromatic N) is 1. The van der Waals surface area contributed by atoms with E-state index in [4.69, 9.17) is 0 Å². The molecule has 0 aromatic heterocycles. The largest absolute Gasteiger partial charge is 0.298 e. The number of hydrogen-bond donors (Lipinski definition) is 0. The van der Waals surface area contributed by atoms with E-state index in [-0.39, 0.29) is 17.5 Å². The molecule has 0 saturated carbocycles. The highest BCUT2D eigenvalue weighted by Gasteiger charge is 2.35. The van der Waals surface area contributed by atoms with Crippen molar-refractivity contribution in [2.45, 2.75) is 38.1 Å². The van der Waals surface area contributed by atoms with Crippen molar-refractivity contribution in [3.05, 3.63) is 41.5 Å². The van der Waals surface area contributed by atoms with Gasteiger partial charge in [-0.3, -0.25) is 4.79 Å². The first-order valence-electron chi connectivity index (χ1n) is 7.09. The van der Waals surface area contributed by atoms with Crippen LogP contribution in [0.3, 0.4) is 0 Å². The molecular formula is C16H21NO3S. The molecule has 114 valence electrons. The fourth-order valence-electron chi connectivity index (χ4n) is 2.53. The molecule has 1 aliphatic heterocycles. The Morgan fingerprint density at radius 1 is 1.29 bits per heavy atom. The Bertz CT molecular complexity index is 645. The van der Waals surface area contributed by atoms with Crippen LogP contribution >= 0.6 is 0 Å². The Morgan fingerprint density at radius 3 is 2.43 bits per heavy atom. The zero-order valence-corrected chi connectivity index (χ0v) is 13.4. The molecule has 1 unspecified atom stereocenters. The van der Waals surface area contributed by atoms with Crippen molar-refractivity contribution >= 4 is 16.3 Å². The maximum Gasteiger partial charge on any atom is 0.243 e. The number of benzene rings is 1. The molecule has 5 heteroatoms. The Labute approximate surface area is 126 Å². The standard InChI is InChI=1S/C16H21NO3S/c1-12(2)8-15-9-14(11-18)10-17(15)21(19,20)16-6-4-13(3)5-7-16/h4-7,9,11-12,15H,8,10H2,1-3H3. The summed E-state index contributed by atoms with van der Waals surface area (Å²) in [5, 5.41) is 0. The van der Waals surface area contributed by atoms with Crippen LogP contribution in [-0.4, -0.2) is 31.6 Å². The van der Waals surface area contributed by atoms with Gasteiger partial charge in [-0.2, -0.15) is 4.31 Å². The lowest BCUT2D eigenvalue weighted by molar-refractivity contribution is -0.104. The smallest absolute Gasteiger partial charge is 0.243 e. The molecule has 1 aliphatic rings. The van der Waals surface area contributed by atoms with Crippen molar-refractivity contribution in [1.82, 2.24) is 4.31 Å². The molecule has 1 atom stereocenters. The molecule has 1 heterocycles. The molecule has 4 nitrogen and oxygen atoms in total. The van der Waals surface area contributed by atoms with Gasteiger partial charge in [-0.1, -0.05) is 37.6 Å². The van der Waals surface area contributed by atoms with Crippen LogP contribution in [0.1, 0.15) is 25.8 Å². The maximum atomic E-state index is 12.8. The van der Waals surface area contributed by atoms with Gasteiger partial charge >= 0.3 is 0 Å². The first-order chi connectivity index (χ1) is 9.84. The molecule has 0 radical (unpaired) electrons. The fourth-order valence-corrected chi connectivity index (χ4v) is 4.11. The van der Waals surface area contributed by atoms with E-state index >= 15 is 0 Å². The van der Waals surface area contributed by atoms with E-state index in [1.807, 2.05) is 20.8 Å². The molecule has 0 spiro atoms. The summed E-state index contributed by atoms with van der Waals surface area (Å²) in [4.78, 5) is 11.3. The van der Waals surface area contributed by atoms with E-state index < -0.39 is 10.0 Å². The average Bonchev–Trinajstić information content (AvgIpc) is 2.82. The highest BCUT2D eigenvalue weighted by molar-refractivity contribution is 7.89. The van der Waals surface area contributed by atoms with E-state index in [2.05, 4.69) is 0 Å². The first-order valence-corrected chi connectivity index (χ1v) is 8.53. The van der Waals surface area contributed by atoms with Crippen molar-refractivity contribution in [2.75, 3.05) is 6.54 Å². The number of hydrogen-bond acceptors (Lipinski definition) is 3. The van der Waals surface area contributed by atoms with Crippen molar-refractivity contribution in [3.63, 3.8) is 0 Å². The van der Waals surface area contributed by atoms with E-state index in [9.17, 15) is 13.2 Å². The third-order valence-electron chi connectivity index (χ3n) is 3.61. The minimum absolute atomic E-state index is 0.164. The normalized spacial score (nSPS) is 19.8. The van der Waals surface area contributed by atoms with Crippen LogP contribution in [0, 0.1) is 12.8 Å². The molecule has 0 amide bonds. The fraction of sp³-hybridized carbons (Fsp3) is 0.438. The first kappa shape index (κ1) is 15.9. The van der Waals surface area contributed by atoms with Crippen molar-refractivity contribution in [3.8, 4) is 0 Å². The Hall–Kier alpha value is -1.46. The minimum atomic E-state index is -3.57. The third kappa shape index (κ3) is 3.41. The molecular weight excluding hydrogens is 286 g/mol. The quantitative estimate of drug-likeness (QED) is 0.786. The van der Waals surface area contributed by atoms with E-state index in [1.54, 1.807) is 30.3 Å². The number of carbonyl (C=O) groups is 1. The van der Waals surface area contributed by atoms with Gasteiger partial charge < -0.3 is 0 Å². The Kier molecular flexibility index (Phi) is 4.64. The van der Waals surface area contributed by atoms with Gasteiger partial charge in [0, 0.05) is 18.2 Å². The molecule has 1 aromatic carbocycles. The number of sulfonamides is 1. The van der Waals surface area contributed by atoms with Gasteiger partial charge in [0.25, 0.3) is 0 Å². The number of carbonyl (C=O) groups excluding carboxylic acids is 1. The molecule has 1 aromatic rings. The summed E-state index contributed by atoms with van der Waals surface area (Å²) in [5.74, 6) is 0.355. The topological polar surface area (TPSA) is 54.5 Å². The average molecular weight is 307 g/mol. The summed E-state index contributed by atoms with van der Waals surface area (Å²) in [5.41, 5.74) is 1.55.